The first-order valence-electron chi connectivity index (χ1n) is 5.64. The molecule has 1 aromatic heterocycles. The number of aromatic nitrogens is 2. The Balaban J connectivity index is 2.87. The van der Waals surface area contributed by atoms with Crippen LogP contribution >= 0.6 is 11.5 Å². The average molecular weight is 257 g/mol. The van der Waals surface area contributed by atoms with E-state index in [0.717, 1.165) is 11.5 Å². The van der Waals surface area contributed by atoms with E-state index in [9.17, 15) is 4.79 Å². The summed E-state index contributed by atoms with van der Waals surface area (Å²) in [5.41, 5.74) is 0.494. The molecular formula is C11H19N3O2S. The molecule has 96 valence electrons. The molecule has 0 aromatic carbocycles. The highest BCUT2D eigenvalue weighted by molar-refractivity contribution is 7.08. The molecule has 1 rings (SSSR count). The largest absolute Gasteiger partial charge is 0.394 e. The average Bonchev–Trinajstić information content (AvgIpc) is 2.73. The second kappa shape index (κ2) is 5.55. The molecule has 5 nitrogen and oxygen atoms in total. The summed E-state index contributed by atoms with van der Waals surface area (Å²) < 4.78 is 3.84. The smallest absolute Gasteiger partial charge is 0.265 e. The molecule has 0 spiro atoms. The Bertz CT molecular complexity index is 380. The van der Waals surface area contributed by atoms with Crippen molar-refractivity contribution in [1.29, 1.82) is 0 Å². The molecule has 1 atom stereocenters. The molecule has 0 saturated heterocycles. The van der Waals surface area contributed by atoms with Crippen LogP contribution in [0.2, 0.25) is 0 Å². The lowest BCUT2D eigenvalue weighted by Gasteiger charge is -2.18. The quantitative estimate of drug-likeness (QED) is 0.853. The maximum Gasteiger partial charge on any atom is 0.265 e. The molecule has 17 heavy (non-hydrogen) atoms. The Morgan fingerprint density at radius 1 is 1.53 bits per heavy atom. The van der Waals surface area contributed by atoms with Gasteiger partial charge in [0, 0.05) is 5.41 Å². The molecule has 0 aliphatic carbocycles. The number of carbonyl (C=O) groups is 1. The fourth-order valence-corrected chi connectivity index (χ4v) is 2.14. The molecule has 6 heteroatoms. The van der Waals surface area contributed by atoms with E-state index >= 15 is 0 Å². The van der Waals surface area contributed by atoms with Gasteiger partial charge in [-0.25, -0.2) is 0 Å². The van der Waals surface area contributed by atoms with Crippen molar-refractivity contribution < 1.29 is 9.90 Å². The van der Waals surface area contributed by atoms with Gasteiger partial charge in [0.05, 0.1) is 18.3 Å². The molecule has 0 unspecified atom stereocenters. The monoisotopic (exact) mass is 257 g/mol. The van der Waals surface area contributed by atoms with Gasteiger partial charge in [-0.2, -0.15) is 0 Å². The summed E-state index contributed by atoms with van der Waals surface area (Å²) >= 11 is 1.09. The topological polar surface area (TPSA) is 75.1 Å². The summed E-state index contributed by atoms with van der Waals surface area (Å²) in [6.07, 6.45) is 0.694. The van der Waals surface area contributed by atoms with E-state index in [2.05, 4.69) is 14.9 Å². The third-order valence-corrected chi connectivity index (χ3v) is 3.18. The first kappa shape index (κ1) is 14.1. The zero-order valence-electron chi connectivity index (χ0n) is 10.6. The molecule has 2 N–H and O–H groups in total. The number of nitrogens with zero attached hydrogens (tertiary/aromatic N) is 2. The van der Waals surface area contributed by atoms with Crippen molar-refractivity contribution in [3.63, 3.8) is 0 Å². The zero-order chi connectivity index (χ0) is 13.1. The second-order valence-electron chi connectivity index (χ2n) is 4.96. The SMILES string of the molecule is CC[C@@H](CO)NC(=O)c1snnc1C(C)(C)C. The van der Waals surface area contributed by atoms with E-state index in [1.54, 1.807) is 0 Å². The number of hydrogen-bond acceptors (Lipinski definition) is 5. The standard InChI is InChI=1S/C11H19N3O2S/c1-5-7(6-15)12-10(16)8-9(11(2,3)4)13-14-17-8/h7,15H,5-6H2,1-4H3,(H,12,16)/t7-/m0/s1. The van der Waals surface area contributed by atoms with Crippen molar-refractivity contribution in [2.75, 3.05) is 6.61 Å². The van der Waals surface area contributed by atoms with Gasteiger partial charge in [-0.05, 0) is 18.0 Å². The summed E-state index contributed by atoms with van der Waals surface area (Å²) in [4.78, 5) is 12.5. The number of nitrogens with one attached hydrogen (secondary N) is 1. The van der Waals surface area contributed by atoms with Crippen LogP contribution in [0, 0.1) is 0 Å². The van der Waals surface area contributed by atoms with Crippen LogP contribution in [0.3, 0.4) is 0 Å². The van der Waals surface area contributed by atoms with Crippen LogP contribution in [-0.2, 0) is 5.41 Å². The summed E-state index contributed by atoms with van der Waals surface area (Å²) in [5.74, 6) is -0.203. The third kappa shape index (κ3) is 3.47. The van der Waals surface area contributed by atoms with Crippen molar-refractivity contribution in [3.8, 4) is 0 Å². The Kier molecular flexibility index (Phi) is 4.59. The summed E-state index contributed by atoms with van der Waals surface area (Å²) in [5, 5.41) is 15.8. The molecule has 1 heterocycles. The Morgan fingerprint density at radius 2 is 2.18 bits per heavy atom. The predicted octanol–water partition coefficient (Wildman–Crippen LogP) is 1.34. The molecule has 0 aliphatic rings. The maximum atomic E-state index is 12.0. The molecule has 0 bridgehead atoms. The van der Waals surface area contributed by atoms with Gasteiger partial charge in [0.2, 0.25) is 0 Å². The first-order valence-corrected chi connectivity index (χ1v) is 6.42. The van der Waals surface area contributed by atoms with E-state index in [0.29, 0.717) is 17.0 Å². The summed E-state index contributed by atoms with van der Waals surface area (Å²) in [6, 6.07) is -0.211. The minimum atomic E-state index is -0.211. The lowest BCUT2D eigenvalue weighted by atomic mass is 9.91. The van der Waals surface area contributed by atoms with Gasteiger partial charge in [0.1, 0.15) is 4.88 Å². The predicted molar refractivity (Wildman–Crippen MR) is 67.2 cm³/mol. The van der Waals surface area contributed by atoms with Crippen LogP contribution < -0.4 is 5.32 Å². The lowest BCUT2D eigenvalue weighted by Crippen LogP contribution is -2.37. The van der Waals surface area contributed by atoms with Gasteiger partial charge in [-0.3, -0.25) is 4.79 Å². The molecule has 0 fully saturated rings. The fraction of sp³-hybridized carbons (Fsp3) is 0.727. The van der Waals surface area contributed by atoms with Gasteiger partial charge in [-0.1, -0.05) is 32.2 Å². The van der Waals surface area contributed by atoms with Crippen LogP contribution in [0.25, 0.3) is 0 Å². The van der Waals surface area contributed by atoms with Crippen molar-refractivity contribution in [3.05, 3.63) is 10.6 Å². The summed E-state index contributed by atoms with van der Waals surface area (Å²) in [6.45, 7) is 7.83. The van der Waals surface area contributed by atoms with Gasteiger partial charge in [0.25, 0.3) is 5.91 Å². The zero-order valence-corrected chi connectivity index (χ0v) is 11.5. The first-order chi connectivity index (χ1) is 7.90. The van der Waals surface area contributed by atoms with Gasteiger partial charge in [-0.15, -0.1) is 5.10 Å². The lowest BCUT2D eigenvalue weighted by molar-refractivity contribution is 0.0916. The number of hydrogen-bond donors (Lipinski definition) is 2. The molecule has 0 saturated carbocycles. The highest BCUT2D eigenvalue weighted by Crippen LogP contribution is 2.25. The maximum absolute atomic E-state index is 12.0. The number of rotatable bonds is 4. The van der Waals surface area contributed by atoms with E-state index in [4.69, 9.17) is 5.11 Å². The molecule has 0 radical (unpaired) electrons. The number of aliphatic hydroxyl groups is 1. The molecule has 1 aromatic rings. The van der Waals surface area contributed by atoms with Gasteiger partial charge in [0.15, 0.2) is 0 Å². The van der Waals surface area contributed by atoms with Crippen molar-refractivity contribution in [1.82, 2.24) is 14.9 Å². The van der Waals surface area contributed by atoms with Crippen molar-refractivity contribution >= 4 is 17.4 Å². The minimum Gasteiger partial charge on any atom is -0.394 e. The van der Waals surface area contributed by atoms with E-state index in [1.165, 1.54) is 0 Å². The fourth-order valence-electron chi connectivity index (χ4n) is 1.36. The van der Waals surface area contributed by atoms with E-state index in [1.807, 2.05) is 27.7 Å². The minimum absolute atomic E-state index is 0.0562. The Hall–Kier alpha value is -1.01. The van der Waals surface area contributed by atoms with Crippen LogP contribution in [-0.4, -0.2) is 33.2 Å². The van der Waals surface area contributed by atoms with Gasteiger partial charge >= 0.3 is 0 Å². The molecular weight excluding hydrogens is 238 g/mol. The van der Waals surface area contributed by atoms with E-state index in [-0.39, 0.29) is 24.0 Å². The molecule has 0 aliphatic heterocycles. The number of aliphatic hydroxyl groups excluding tert-OH is 1. The Labute approximate surface area is 105 Å². The highest BCUT2D eigenvalue weighted by atomic mass is 32.1. The second-order valence-corrected chi connectivity index (χ2v) is 5.72. The van der Waals surface area contributed by atoms with Crippen LogP contribution in [0.4, 0.5) is 0 Å². The van der Waals surface area contributed by atoms with Crippen molar-refractivity contribution in [2.24, 2.45) is 0 Å². The van der Waals surface area contributed by atoms with Crippen LogP contribution in [0.5, 0.6) is 0 Å². The number of carbonyl (C=O) groups excluding carboxylic acids is 1. The van der Waals surface area contributed by atoms with Crippen LogP contribution in [0.1, 0.15) is 49.5 Å². The highest BCUT2D eigenvalue weighted by Gasteiger charge is 2.26. The summed E-state index contributed by atoms with van der Waals surface area (Å²) in [7, 11) is 0. The van der Waals surface area contributed by atoms with Crippen LogP contribution in [0.15, 0.2) is 0 Å². The molecule has 1 amide bonds. The number of amides is 1. The van der Waals surface area contributed by atoms with Gasteiger partial charge < -0.3 is 10.4 Å². The Morgan fingerprint density at radius 3 is 2.65 bits per heavy atom. The third-order valence-electron chi connectivity index (χ3n) is 2.45. The van der Waals surface area contributed by atoms with E-state index < -0.39 is 0 Å². The normalized spacial score (nSPS) is 13.5. The van der Waals surface area contributed by atoms with Crippen molar-refractivity contribution in [2.45, 2.75) is 45.6 Å².